The smallest absolute Gasteiger partial charge is 0.242 e. The van der Waals surface area contributed by atoms with Gasteiger partial charge in [-0.05, 0) is 67.9 Å². The van der Waals surface area contributed by atoms with E-state index in [1.54, 1.807) is 0 Å². The van der Waals surface area contributed by atoms with Gasteiger partial charge in [-0.15, -0.1) is 5.53 Å². The van der Waals surface area contributed by atoms with Gasteiger partial charge in [0.25, 0.3) is 0 Å². The third-order valence-corrected chi connectivity index (χ3v) is 6.58. The van der Waals surface area contributed by atoms with Crippen molar-refractivity contribution in [3.63, 3.8) is 0 Å². The van der Waals surface area contributed by atoms with E-state index in [0.717, 1.165) is 36.8 Å². The van der Waals surface area contributed by atoms with Crippen LogP contribution in [0.25, 0.3) is 0 Å². The molecule has 2 N–H and O–H groups in total. The molecule has 6 rings (SSSR count). The number of allylic oxidation sites excluding steroid dienone is 1. The third kappa shape index (κ3) is 1.97. The number of anilines is 1. The van der Waals surface area contributed by atoms with Crippen LogP contribution < -0.4 is 16.0 Å². The van der Waals surface area contributed by atoms with Gasteiger partial charge in [0, 0.05) is 6.20 Å². The van der Waals surface area contributed by atoms with Crippen LogP contribution in [0.5, 0.6) is 0 Å². The van der Waals surface area contributed by atoms with Crippen LogP contribution in [-0.4, -0.2) is 5.91 Å². The monoisotopic (exact) mass is 309 g/mol. The first-order chi connectivity index (χ1) is 11.2. The van der Waals surface area contributed by atoms with Crippen LogP contribution in [0, 0.1) is 23.2 Å². The molecule has 0 spiro atoms. The van der Waals surface area contributed by atoms with Gasteiger partial charge in [0.2, 0.25) is 5.91 Å². The van der Waals surface area contributed by atoms with Crippen molar-refractivity contribution in [1.82, 2.24) is 11.0 Å². The number of hydrogen-bond acceptors (Lipinski definition) is 3. The summed E-state index contributed by atoms with van der Waals surface area (Å²) in [7, 11) is 0. The van der Waals surface area contributed by atoms with E-state index in [-0.39, 0.29) is 11.3 Å². The topological polar surface area (TPSA) is 44.4 Å². The fourth-order valence-corrected chi connectivity index (χ4v) is 5.78. The van der Waals surface area contributed by atoms with Gasteiger partial charge < -0.3 is 0 Å². The summed E-state index contributed by atoms with van der Waals surface area (Å²) in [5.41, 5.74) is 8.47. The van der Waals surface area contributed by atoms with Crippen LogP contribution in [0.2, 0.25) is 0 Å². The highest BCUT2D eigenvalue weighted by molar-refractivity contribution is 5.84. The van der Waals surface area contributed by atoms with Crippen molar-refractivity contribution in [3.05, 3.63) is 42.1 Å². The van der Waals surface area contributed by atoms with Crippen LogP contribution in [0.15, 0.2) is 36.5 Å². The molecule has 5 aliphatic rings. The Morgan fingerprint density at radius 2 is 1.91 bits per heavy atom. The molecule has 2 atom stereocenters. The Hall–Kier alpha value is -1.81. The first-order valence-corrected chi connectivity index (χ1v) is 8.84. The summed E-state index contributed by atoms with van der Waals surface area (Å²) in [5.74, 6) is 2.43. The number of amides is 1. The van der Waals surface area contributed by atoms with E-state index in [0.29, 0.717) is 5.92 Å². The van der Waals surface area contributed by atoms with Crippen molar-refractivity contribution < 1.29 is 4.79 Å². The summed E-state index contributed by atoms with van der Waals surface area (Å²) in [6, 6.07) is 8.30. The van der Waals surface area contributed by atoms with Crippen molar-refractivity contribution in [2.45, 2.75) is 38.5 Å². The van der Waals surface area contributed by atoms with E-state index in [2.05, 4.69) is 35.2 Å². The zero-order valence-electron chi connectivity index (χ0n) is 13.3. The summed E-state index contributed by atoms with van der Waals surface area (Å²) in [6.07, 6.45) is 11.2. The highest BCUT2D eigenvalue weighted by Gasteiger charge is 2.61. The lowest BCUT2D eigenvalue weighted by Crippen LogP contribution is -2.53. The van der Waals surface area contributed by atoms with Crippen LogP contribution in [0.4, 0.5) is 5.69 Å². The highest BCUT2D eigenvalue weighted by Crippen LogP contribution is 2.65. The summed E-state index contributed by atoms with van der Waals surface area (Å²) < 4.78 is 0. The molecule has 120 valence electrons. The van der Waals surface area contributed by atoms with Gasteiger partial charge in [-0.2, -0.15) is 0 Å². The number of nitrogens with one attached hydrogen (secondary N) is 2. The van der Waals surface area contributed by atoms with Gasteiger partial charge in [-0.1, -0.05) is 24.3 Å². The largest absolute Gasteiger partial charge is 0.273 e. The average molecular weight is 309 g/mol. The predicted octanol–water partition coefficient (Wildman–Crippen LogP) is 2.92. The molecule has 2 unspecified atom stereocenters. The molecular formula is C19H23N3O. The summed E-state index contributed by atoms with van der Waals surface area (Å²) in [6.45, 7) is 0. The average Bonchev–Trinajstić information content (AvgIpc) is 2.98. The number of hydrogen-bond donors (Lipinski definition) is 2. The molecular weight excluding hydrogens is 286 g/mol. The lowest BCUT2D eigenvalue weighted by Gasteiger charge is -2.33. The molecule has 4 aliphatic carbocycles. The number of fused-ring (bicyclic) bond motifs is 1. The first-order valence-electron chi connectivity index (χ1n) is 8.84. The third-order valence-electron chi connectivity index (χ3n) is 6.58. The number of para-hydroxylation sites is 1. The number of carbonyl (C=O) groups is 1. The van der Waals surface area contributed by atoms with E-state index in [1.807, 2.05) is 17.3 Å². The number of benzene rings is 1. The standard InChI is InChI=1S/C19H23N3O/c23-18(19-11-13-8-14(12-19)10-16(19)9-13)20-21-22-7-3-5-15-4-1-2-6-17(15)22/h1-4,6-7,13-14,16,21H,5,8-12H2,(H,20,23). The van der Waals surface area contributed by atoms with E-state index >= 15 is 0 Å². The van der Waals surface area contributed by atoms with Gasteiger partial charge in [0.15, 0.2) is 0 Å². The molecule has 0 aromatic heterocycles. The molecule has 4 nitrogen and oxygen atoms in total. The van der Waals surface area contributed by atoms with Crippen LogP contribution >= 0.6 is 0 Å². The molecule has 4 heteroatoms. The molecule has 1 amide bonds. The Balaban J connectivity index is 1.31. The molecule has 1 aromatic rings. The van der Waals surface area contributed by atoms with Crippen molar-refractivity contribution >= 4 is 11.6 Å². The van der Waals surface area contributed by atoms with Crippen molar-refractivity contribution in [2.24, 2.45) is 23.2 Å². The Labute approximate surface area is 136 Å². The fraction of sp³-hybridized carbons (Fsp3) is 0.526. The maximum absolute atomic E-state index is 12.9. The van der Waals surface area contributed by atoms with Crippen LogP contribution in [0.1, 0.15) is 37.7 Å². The summed E-state index contributed by atoms with van der Waals surface area (Å²) in [5, 5.41) is 1.92. The van der Waals surface area contributed by atoms with E-state index in [1.165, 1.54) is 24.8 Å². The second-order valence-electron chi connectivity index (χ2n) is 7.85. The number of hydrazine groups is 2. The quantitative estimate of drug-likeness (QED) is 0.844. The lowest BCUT2D eigenvalue weighted by molar-refractivity contribution is -0.134. The maximum atomic E-state index is 12.9. The van der Waals surface area contributed by atoms with Crippen LogP contribution in [-0.2, 0) is 11.2 Å². The molecule has 0 radical (unpaired) electrons. The minimum atomic E-state index is -0.0837. The number of carbonyl (C=O) groups excluding carboxylic acids is 1. The number of nitrogens with zero attached hydrogens (tertiary/aromatic N) is 1. The maximum Gasteiger partial charge on any atom is 0.242 e. The van der Waals surface area contributed by atoms with Gasteiger partial charge in [0.1, 0.15) is 0 Å². The summed E-state index contributed by atoms with van der Waals surface area (Å²) in [4.78, 5) is 12.9. The molecule has 1 heterocycles. The first kappa shape index (κ1) is 13.6. The second-order valence-corrected chi connectivity index (χ2v) is 7.85. The summed E-state index contributed by atoms with van der Waals surface area (Å²) >= 11 is 0. The molecule has 0 saturated heterocycles. The normalized spacial score (nSPS) is 36.3. The zero-order valence-corrected chi connectivity index (χ0v) is 13.3. The van der Waals surface area contributed by atoms with Crippen LogP contribution in [0.3, 0.4) is 0 Å². The van der Waals surface area contributed by atoms with E-state index in [9.17, 15) is 4.79 Å². The fourth-order valence-electron chi connectivity index (χ4n) is 5.78. The van der Waals surface area contributed by atoms with Crippen molar-refractivity contribution in [2.75, 3.05) is 5.01 Å². The van der Waals surface area contributed by atoms with Gasteiger partial charge in [-0.25, -0.2) is 0 Å². The minimum Gasteiger partial charge on any atom is -0.273 e. The van der Waals surface area contributed by atoms with Crippen molar-refractivity contribution in [3.8, 4) is 0 Å². The number of rotatable bonds is 3. The van der Waals surface area contributed by atoms with E-state index in [4.69, 9.17) is 0 Å². The minimum absolute atomic E-state index is 0.0837. The molecule has 4 saturated carbocycles. The molecule has 23 heavy (non-hydrogen) atoms. The van der Waals surface area contributed by atoms with Gasteiger partial charge >= 0.3 is 0 Å². The van der Waals surface area contributed by atoms with E-state index < -0.39 is 0 Å². The van der Waals surface area contributed by atoms with Crippen molar-refractivity contribution in [1.29, 1.82) is 0 Å². The Morgan fingerprint density at radius 1 is 1.13 bits per heavy atom. The zero-order chi connectivity index (χ0) is 15.4. The molecule has 4 fully saturated rings. The SMILES string of the molecule is O=C(NNN1C=CCc2ccccc21)C12CC3CC(CC1C3)C2. The predicted molar refractivity (Wildman–Crippen MR) is 89.0 cm³/mol. The molecule has 1 aromatic carbocycles. The Morgan fingerprint density at radius 3 is 2.74 bits per heavy atom. The Bertz CT molecular complexity index is 669. The van der Waals surface area contributed by atoms with Gasteiger partial charge in [0.05, 0.1) is 11.1 Å². The Kier molecular flexibility index (Phi) is 2.87. The molecule has 1 aliphatic heterocycles. The highest BCUT2D eigenvalue weighted by atomic mass is 16.2. The van der Waals surface area contributed by atoms with Gasteiger partial charge in [-0.3, -0.25) is 15.2 Å². The lowest BCUT2D eigenvalue weighted by atomic mass is 9.75. The second kappa shape index (κ2) is 4.84. The molecule has 4 bridgehead atoms.